The molecule has 0 saturated carbocycles. The van der Waals surface area contributed by atoms with Gasteiger partial charge in [0.1, 0.15) is 0 Å². The second kappa shape index (κ2) is 7.57. The molecule has 1 rings (SSSR count). The summed E-state index contributed by atoms with van der Waals surface area (Å²) in [6, 6.07) is 0.705. The van der Waals surface area contributed by atoms with Crippen LogP contribution in [0.15, 0.2) is 0 Å². The van der Waals surface area contributed by atoms with Crippen molar-refractivity contribution in [2.75, 3.05) is 26.0 Å². The van der Waals surface area contributed by atoms with Gasteiger partial charge in [-0.05, 0) is 31.9 Å². The monoisotopic (exact) mass is 245 g/mol. The zero-order valence-electron chi connectivity index (χ0n) is 11.1. The Morgan fingerprint density at radius 1 is 1.31 bits per heavy atom. The summed E-state index contributed by atoms with van der Waals surface area (Å²) in [4.78, 5) is 0. The lowest BCUT2D eigenvalue weighted by atomic mass is 9.98. The summed E-state index contributed by atoms with van der Waals surface area (Å²) in [6.07, 6.45) is 8.47. The van der Waals surface area contributed by atoms with Gasteiger partial charge in [0.05, 0.1) is 0 Å². The van der Waals surface area contributed by atoms with Crippen LogP contribution in [0, 0.1) is 0 Å². The average molecular weight is 245 g/mol. The first kappa shape index (κ1) is 14.3. The lowest BCUT2D eigenvalue weighted by Gasteiger charge is -2.37. The first-order chi connectivity index (χ1) is 7.76. The molecule has 1 unspecified atom stereocenters. The largest absolute Gasteiger partial charge is 0.381 e. The third kappa shape index (κ3) is 4.27. The molecule has 1 aliphatic rings. The van der Waals surface area contributed by atoms with E-state index < -0.39 is 0 Å². The molecule has 0 amide bonds. The summed E-state index contributed by atoms with van der Waals surface area (Å²) in [6.45, 7) is 7.57. The van der Waals surface area contributed by atoms with Crippen molar-refractivity contribution in [1.82, 2.24) is 5.32 Å². The quantitative estimate of drug-likeness (QED) is 0.745. The van der Waals surface area contributed by atoms with E-state index >= 15 is 0 Å². The van der Waals surface area contributed by atoms with Crippen LogP contribution in [0.2, 0.25) is 0 Å². The van der Waals surface area contributed by atoms with Gasteiger partial charge in [-0.1, -0.05) is 20.3 Å². The van der Waals surface area contributed by atoms with Gasteiger partial charge in [0.25, 0.3) is 0 Å². The minimum Gasteiger partial charge on any atom is -0.381 e. The van der Waals surface area contributed by atoms with E-state index in [1.807, 2.05) is 11.8 Å². The molecular formula is C13H27NOS. The van der Waals surface area contributed by atoms with Gasteiger partial charge >= 0.3 is 0 Å². The molecule has 3 heteroatoms. The minimum atomic E-state index is 0.430. The topological polar surface area (TPSA) is 21.3 Å². The predicted molar refractivity (Wildman–Crippen MR) is 73.3 cm³/mol. The maximum absolute atomic E-state index is 5.47. The van der Waals surface area contributed by atoms with Crippen molar-refractivity contribution < 1.29 is 4.74 Å². The van der Waals surface area contributed by atoms with Gasteiger partial charge in [0, 0.05) is 30.5 Å². The Kier molecular flexibility index (Phi) is 6.78. The van der Waals surface area contributed by atoms with E-state index in [2.05, 4.69) is 25.4 Å². The molecule has 0 aromatic heterocycles. The van der Waals surface area contributed by atoms with Gasteiger partial charge in [-0.15, -0.1) is 0 Å². The van der Waals surface area contributed by atoms with Crippen molar-refractivity contribution in [3.8, 4) is 0 Å². The predicted octanol–water partition coefficient (Wildman–Crippen LogP) is 3.07. The Balaban J connectivity index is 2.36. The fourth-order valence-corrected chi connectivity index (χ4v) is 3.13. The van der Waals surface area contributed by atoms with Crippen LogP contribution in [-0.4, -0.2) is 36.8 Å². The Morgan fingerprint density at radius 3 is 2.50 bits per heavy atom. The molecule has 1 heterocycles. The first-order valence-electron chi connectivity index (χ1n) is 6.62. The number of thioether (sulfide) groups is 1. The molecule has 1 fully saturated rings. The number of hydrogen-bond donors (Lipinski definition) is 1. The zero-order valence-corrected chi connectivity index (χ0v) is 11.9. The summed E-state index contributed by atoms with van der Waals surface area (Å²) in [5.41, 5.74) is 0. The summed E-state index contributed by atoms with van der Waals surface area (Å²) in [5.74, 6) is 0. The van der Waals surface area contributed by atoms with E-state index in [-0.39, 0.29) is 0 Å². The van der Waals surface area contributed by atoms with Gasteiger partial charge in [-0.25, -0.2) is 0 Å². The van der Waals surface area contributed by atoms with Crippen molar-refractivity contribution in [2.24, 2.45) is 0 Å². The second-order valence-electron chi connectivity index (χ2n) is 4.77. The molecular weight excluding hydrogens is 218 g/mol. The molecule has 0 aromatic carbocycles. The van der Waals surface area contributed by atoms with Crippen LogP contribution >= 0.6 is 11.8 Å². The van der Waals surface area contributed by atoms with Crippen molar-refractivity contribution in [3.63, 3.8) is 0 Å². The van der Waals surface area contributed by atoms with Crippen LogP contribution in [0.5, 0.6) is 0 Å². The lowest BCUT2D eigenvalue weighted by Crippen LogP contribution is -2.45. The van der Waals surface area contributed by atoms with Crippen LogP contribution in [0.3, 0.4) is 0 Å². The molecule has 0 radical (unpaired) electrons. The van der Waals surface area contributed by atoms with Crippen LogP contribution in [0.4, 0.5) is 0 Å². The minimum absolute atomic E-state index is 0.430. The third-order valence-corrected chi connectivity index (χ3v) is 5.10. The maximum atomic E-state index is 5.47. The second-order valence-corrected chi connectivity index (χ2v) is 6.05. The van der Waals surface area contributed by atoms with Gasteiger partial charge in [0.15, 0.2) is 0 Å². The normalized spacial score (nSPS) is 21.9. The van der Waals surface area contributed by atoms with Crippen molar-refractivity contribution in [2.45, 2.75) is 56.7 Å². The van der Waals surface area contributed by atoms with E-state index in [4.69, 9.17) is 4.74 Å². The summed E-state index contributed by atoms with van der Waals surface area (Å²) >= 11 is 2.02. The Labute approximate surface area is 105 Å². The standard InChI is InChI=1S/C13H27NOS/c1-4-6-12(5-2)14-11-13(16-3)7-9-15-10-8-13/h12,14H,4-11H2,1-3H3. The number of ether oxygens (including phenoxy) is 1. The Hall–Kier alpha value is 0.270. The third-order valence-electron chi connectivity index (χ3n) is 3.68. The molecule has 0 aliphatic carbocycles. The van der Waals surface area contributed by atoms with Crippen molar-refractivity contribution in [3.05, 3.63) is 0 Å². The van der Waals surface area contributed by atoms with Gasteiger partial charge in [-0.3, -0.25) is 0 Å². The number of rotatable bonds is 7. The fourth-order valence-electron chi connectivity index (χ4n) is 2.33. The highest BCUT2D eigenvalue weighted by Gasteiger charge is 2.31. The van der Waals surface area contributed by atoms with Gasteiger partial charge in [-0.2, -0.15) is 11.8 Å². The lowest BCUT2D eigenvalue weighted by molar-refractivity contribution is 0.0764. The Morgan fingerprint density at radius 2 is 2.00 bits per heavy atom. The van der Waals surface area contributed by atoms with E-state index in [0.29, 0.717) is 10.8 Å². The van der Waals surface area contributed by atoms with Crippen molar-refractivity contribution in [1.29, 1.82) is 0 Å². The van der Waals surface area contributed by atoms with E-state index in [9.17, 15) is 0 Å². The highest BCUT2D eigenvalue weighted by Crippen LogP contribution is 2.33. The summed E-state index contributed by atoms with van der Waals surface area (Å²) in [7, 11) is 0. The smallest absolute Gasteiger partial charge is 0.0479 e. The van der Waals surface area contributed by atoms with E-state index in [0.717, 1.165) is 19.8 Å². The van der Waals surface area contributed by atoms with Gasteiger partial charge < -0.3 is 10.1 Å². The molecule has 0 spiro atoms. The number of nitrogens with one attached hydrogen (secondary N) is 1. The molecule has 1 saturated heterocycles. The summed E-state index contributed by atoms with van der Waals surface area (Å²) in [5, 5.41) is 3.76. The molecule has 1 N–H and O–H groups in total. The highest BCUT2D eigenvalue weighted by atomic mass is 32.2. The first-order valence-corrected chi connectivity index (χ1v) is 7.85. The molecule has 16 heavy (non-hydrogen) atoms. The SMILES string of the molecule is CCCC(CC)NCC1(SC)CCOCC1. The molecule has 0 bridgehead atoms. The highest BCUT2D eigenvalue weighted by molar-refractivity contribution is 8.00. The molecule has 0 aromatic rings. The molecule has 2 nitrogen and oxygen atoms in total. The fraction of sp³-hybridized carbons (Fsp3) is 1.00. The van der Waals surface area contributed by atoms with E-state index in [1.54, 1.807) is 0 Å². The van der Waals surface area contributed by atoms with Crippen LogP contribution in [-0.2, 0) is 4.74 Å². The van der Waals surface area contributed by atoms with Gasteiger partial charge in [0.2, 0.25) is 0 Å². The zero-order chi connectivity index (χ0) is 11.9. The summed E-state index contributed by atoms with van der Waals surface area (Å²) < 4.78 is 5.90. The number of hydrogen-bond acceptors (Lipinski definition) is 3. The van der Waals surface area contributed by atoms with Crippen LogP contribution in [0.25, 0.3) is 0 Å². The average Bonchev–Trinajstić information content (AvgIpc) is 2.35. The van der Waals surface area contributed by atoms with Crippen LogP contribution in [0.1, 0.15) is 46.0 Å². The molecule has 96 valence electrons. The van der Waals surface area contributed by atoms with Crippen molar-refractivity contribution >= 4 is 11.8 Å². The van der Waals surface area contributed by atoms with E-state index in [1.165, 1.54) is 32.1 Å². The molecule has 1 aliphatic heterocycles. The van der Waals surface area contributed by atoms with Crippen LogP contribution < -0.4 is 5.32 Å². The molecule has 1 atom stereocenters. The Bertz CT molecular complexity index is 181. The maximum Gasteiger partial charge on any atom is 0.0479 e.